The monoisotopic (exact) mass is 291 g/mol. The normalized spacial score (nSPS) is 26.8. The topological polar surface area (TPSA) is 89.7 Å². The maximum atomic E-state index is 11.0. The molecule has 3 atom stereocenters. The van der Waals surface area contributed by atoms with Crippen molar-refractivity contribution in [3.8, 4) is 5.75 Å². The quantitative estimate of drug-likeness (QED) is 0.665. The van der Waals surface area contributed by atoms with Crippen molar-refractivity contribution < 1.29 is 19.6 Å². The van der Waals surface area contributed by atoms with Gasteiger partial charge in [0.25, 0.3) is 0 Å². The lowest BCUT2D eigenvalue weighted by Gasteiger charge is -2.21. The summed E-state index contributed by atoms with van der Waals surface area (Å²) in [4.78, 5) is 21.4. The predicted octanol–water partition coefficient (Wildman–Crippen LogP) is 3.11. The first-order valence-electron chi connectivity index (χ1n) is 7.19. The van der Waals surface area contributed by atoms with Crippen molar-refractivity contribution in [2.45, 2.75) is 25.7 Å². The lowest BCUT2D eigenvalue weighted by Crippen LogP contribution is -2.19. The highest BCUT2D eigenvalue weighted by molar-refractivity contribution is 5.88. The van der Waals surface area contributed by atoms with Gasteiger partial charge in [0.15, 0.2) is 5.75 Å². The first kappa shape index (κ1) is 13.9. The Morgan fingerprint density at radius 2 is 2.19 bits per heavy atom. The molecule has 21 heavy (non-hydrogen) atoms. The largest absolute Gasteiger partial charge is 0.486 e. The number of carboxylic acid groups (broad SMARTS) is 1. The second kappa shape index (κ2) is 5.35. The number of nitro groups is 1. The molecule has 0 radical (unpaired) electrons. The Balaban J connectivity index is 1.75. The molecule has 1 aromatic rings. The van der Waals surface area contributed by atoms with Crippen LogP contribution in [0.2, 0.25) is 0 Å². The fraction of sp³-hybridized carbons (Fsp3) is 0.533. The Morgan fingerprint density at radius 3 is 2.76 bits per heavy atom. The molecule has 0 aliphatic heterocycles. The van der Waals surface area contributed by atoms with Gasteiger partial charge < -0.3 is 9.84 Å². The van der Waals surface area contributed by atoms with Gasteiger partial charge in [0.2, 0.25) is 0 Å². The maximum absolute atomic E-state index is 11.0. The number of aromatic carboxylic acids is 1. The van der Waals surface area contributed by atoms with Crippen molar-refractivity contribution in [3.05, 3.63) is 33.9 Å². The first-order valence-corrected chi connectivity index (χ1v) is 7.19. The SMILES string of the molecule is O=C(O)c1ccc([N+](=O)[O-])c(OCC2CC3CCC2C3)c1. The van der Waals surface area contributed by atoms with Crippen molar-refractivity contribution in [2.24, 2.45) is 17.8 Å². The van der Waals surface area contributed by atoms with Gasteiger partial charge in [-0.1, -0.05) is 6.42 Å². The summed E-state index contributed by atoms with van der Waals surface area (Å²) in [6.45, 7) is 0.436. The number of carboxylic acids is 1. The number of hydrogen-bond donors (Lipinski definition) is 1. The van der Waals surface area contributed by atoms with E-state index in [9.17, 15) is 14.9 Å². The molecule has 0 amide bonds. The minimum absolute atomic E-state index is 0.00328. The van der Waals surface area contributed by atoms with Crippen molar-refractivity contribution in [1.82, 2.24) is 0 Å². The molecule has 6 nitrogen and oxygen atoms in total. The second-order valence-electron chi connectivity index (χ2n) is 5.99. The Kier molecular flexibility index (Phi) is 3.53. The van der Waals surface area contributed by atoms with Crippen LogP contribution >= 0.6 is 0 Å². The van der Waals surface area contributed by atoms with Crippen molar-refractivity contribution >= 4 is 11.7 Å². The zero-order chi connectivity index (χ0) is 15.0. The van der Waals surface area contributed by atoms with Crippen LogP contribution in [0.15, 0.2) is 18.2 Å². The minimum atomic E-state index is -1.12. The van der Waals surface area contributed by atoms with Gasteiger partial charge in [0.05, 0.1) is 17.1 Å². The fourth-order valence-electron chi connectivity index (χ4n) is 3.69. The summed E-state index contributed by atoms with van der Waals surface area (Å²) in [7, 11) is 0. The van der Waals surface area contributed by atoms with Crippen molar-refractivity contribution in [2.75, 3.05) is 6.61 Å². The molecule has 0 aromatic heterocycles. The van der Waals surface area contributed by atoms with Crippen LogP contribution in [-0.2, 0) is 0 Å². The Hall–Kier alpha value is -2.11. The summed E-state index contributed by atoms with van der Waals surface area (Å²) < 4.78 is 5.62. The smallest absolute Gasteiger partial charge is 0.335 e. The summed E-state index contributed by atoms with van der Waals surface area (Å²) in [5.41, 5.74) is -0.174. The van der Waals surface area contributed by atoms with Crippen LogP contribution in [-0.4, -0.2) is 22.6 Å². The molecule has 0 heterocycles. The van der Waals surface area contributed by atoms with Crippen LogP contribution in [0.5, 0.6) is 5.75 Å². The number of nitrogens with zero attached hydrogens (tertiary/aromatic N) is 1. The Morgan fingerprint density at radius 1 is 1.38 bits per heavy atom. The number of nitro benzene ring substituents is 1. The van der Waals surface area contributed by atoms with E-state index in [-0.39, 0.29) is 17.0 Å². The maximum Gasteiger partial charge on any atom is 0.335 e. The number of hydrogen-bond acceptors (Lipinski definition) is 4. The summed E-state index contributed by atoms with van der Waals surface area (Å²) >= 11 is 0. The summed E-state index contributed by atoms with van der Waals surface area (Å²) in [6.07, 6.45) is 4.87. The highest BCUT2D eigenvalue weighted by Gasteiger charge is 2.39. The zero-order valence-electron chi connectivity index (χ0n) is 11.5. The Bertz CT molecular complexity index is 585. The number of rotatable bonds is 5. The van der Waals surface area contributed by atoms with E-state index in [1.54, 1.807) is 0 Å². The van der Waals surface area contributed by atoms with Crippen LogP contribution in [0.25, 0.3) is 0 Å². The highest BCUT2D eigenvalue weighted by Crippen LogP contribution is 2.48. The lowest BCUT2D eigenvalue weighted by molar-refractivity contribution is -0.385. The number of carbonyl (C=O) groups is 1. The molecule has 2 aliphatic carbocycles. The van der Waals surface area contributed by atoms with E-state index in [0.29, 0.717) is 18.4 Å². The number of benzene rings is 1. The van der Waals surface area contributed by atoms with E-state index in [2.05, 4.69) is 0 Å². The molecule has 0 saturated heterocycles. The van der Waals surface area contributed by atoms with E-state index in [4.69, 9.17) is 9.84 Å². The van der Waals surface area contributed by atoms with Gasteiger partial charge in [-0.2, -0.15) is 0 Å². The number of fused-ring (bicyclic) bond motifs is 2. The molecule has 112 valence electrons. The molecule has 2 aliphatic rings. The van der Waals surface area contributed by atoms with E-state index >= 15 is 0 Å². The van der Waals surface area contributed by atoms with Crippen molar-refractivity contribution in [1.29, 1.82) is 0 Å². The third kappa shape index (κ3) is 2.70. The van der Waals surface area contributed by atoms with Crippen LogP contribution in [0.1, 0.15) is 36.0 Å². The third-order valence-corrected chi connectivity index (χ3v) is 4.74. The molecule has 0 spiro atoms. The molecule has 2 fully saturated rings. The van der Waals surface area contributed by atoms with Gasteiger partial charge >= 0.3 is 11.7 Å². The molecule has 3 rings (SSSR count). The molecular weight excluding hydrogens is 274 g/mol. The first-order chi connectivity index (χ1) is 10.0. The minimum Gasteiger partial charge on any atom is -0.486 e. The highest BCUT2D eigenvalue weighted by atomic mass is 16.6. The standard InChI is InChI=1S/C15H17NO5/c17-15(18)11-3-4-13(16(19)20)14(7-11)21-8-12-6-9-1-2-10(12)5-9/h3-4,7,9-10,12H,1-2,5-6,8H2,(H,17,18). The van der Waals surface area contributed by atoms with E-state index in [1.165, 1.54) is 37.5 Å². The predicted molar refractivity (Wildman–Crippen MR) is 74.5 cm³/mol. The van der Waals surface area contributed by atoms with Gasteiger partial charge in [0, 0.05) is 12.1 Å². The average molecular weight is 291 g/mol. The van der Waals surface area contributed by atoms with Crippen LogP contribution in [0, 0.1) is 27.9 Å². The van der Waals surface area contributed by atoms with Crippen LogP contribution in [0.4, 0.5) is 5.69 Å². The van der Waals surface area contributed by atoms with Crippen LogP contribution < -0.4 is 4.74 Å². The van der Waals surface area contributed by atoms with Crippen LogP contribution in [0.3, 0.4) is 0 Å². The molecule has 3 unspecified atom stereocenters. The second-order valence-corrected chi connectivity index (χ2v) is 5.99. The molecule has 2 saturated carbocycles. The summed E-state index contributed by atoms with van der Waals surface area (Å²) in [5, 5.41) is 20.0. The van der Waals surface area contributed by atoms with E-state index < -0.39 is 10.9 Å². The van der Waals surface area contributed by atoms with Gasteiger partial charge in [-0.15, -0.1) is 0 Å². The van der Waals surface area contributed by atoms with Gasteiger partial charge in [0.1, 0.15) is 0 Å². The molecule has 2 bridgehead atoms. The molecule has 6 heteroatoms. The summed E-state index contributed by atoms with van der Waals surface area (Å²) in [6, 6.07) is 3.66. The van der Waals surface area contributed by atoms with Gasteiger partial charge in [-0.25, -0.2) is 4.79 Å². The van der Waals surface area contributed by atoms with E-state index in [0.717, 1.165) is 12.3 Å². The average Bonchev–Trinajstić information content (AvgIpc) is 3.07. The third-order valence-electron chi connectivity index (χ3n) is 4.74. The molecule has 1 N–H and O–H groups in total. The summed E-state index contributed by atoms with van der Waals surface area (Å²) in [5.74, 6) is 0.829. The molecule has 1 aromatic carbocycles. The fourth-order valence-corrected chi connectivity index (χ4v) is 3.69. The Labute approximate surface area is 121 Å². The van der Waals surface area contributed by atoms with E-state index in [1.807, 2.05) is 0 Å². The van der Waals surface area contributed by atoms with Crippen molar-refractivity contribution in [3.63, 3.8) is 0 Å². The van der Waals surface area contributed by atoms with Gasteiger partial charge in [-0.3, -0.25) is 10.1 Å². The zero-order valence-corrected chi connectivity index (χ0v) is 11.5. The number of ether oxygens (including phenoxy) is 1. The molecular formula is C15H17NO5. The van der Waals surface area contributed by atoms with Gasteiger partial charge in [-0.05, 0) is 43.1 Å². The lowest BCUT2D eigenvalue weighted by atomic mass is 9.89.